The molecule has 0 amide bonds. The third kappa shape index (κ3) is 2.68. The van der Waals surface area contributed by atoms with Gasteiger partial charge in [-0.05, 0) is 17.9 Å². The molecule has 0 atom stereocenters. The van der Waals surface area contributed by atoms with E-state index in [-0.39, 0.29) is 5.78 Å². The molecule has 1 heterocycles. The first-order chi connectivity index (χ1) is 8.33. The second-order valence-corrected chi connectivity index (χ2v) is 3.92. The molecule has 0 radical (unpaired) electrons. The van der Waals surface area contributed by atoms with Crippen LogP contribution < -0.4 is 0 Å². The molecule has 0 saturated heterocycles. The zero-order valence-corrected chi connectivity index (χ0v) is 9.85. The van der Waals surface area contributed by atoms with Crippen molar-refractivity contribution in [2.45, 2.75) is 12.8 Å². The van der Waals surface area contributed by atoms with E-state index in [1.807, 2.05) is 24.3 Å². The first-order valence-corrected chi connectivity index (χ1v) is 5.68. The molecular formula is C14H15NO2. The molecule has 0 bridgehead atoms. The highest BCUT2D eigenvalue weighted by atomic mass is 16.5. The molecule has 2 rings (SSSR count). The summed E-state index contributed by atoms with van der Waals surface area (Å²) in [5.74, 6) is 0.166. The number of carbonyl (C=O) groups excluding carboxylic acids is 1. The molecule has 17 heavy (non-hydrogen) atoms. The van der Waals surface area contributed by atoms with Crippen LogP contribution >= 0.6 is 0 Å². The molecule has 0 fully saturated rings. The summed E-state index contributed by atoms with van der Waals surface area (Å²) in [6.45, 7) is 0.623. The average Bonchev–Trinajstić information content (AvgIpc) is 2.38. The maximum atomic E-state index is 12.1. The van der Waals surface area contributed by atoms with Gasteiger partial charge in [0.05, 0.1) is 0 Å². The quantitative estimate of drug-likeness (QED) is 0.584. The fourth-order valence-electron chi connectivity index (χ4n) is 1.88. The highest BCUT2D eigenvalue weighted by molar-refractivity contribution is 6.07. The molecule has 0 aliphatic heterocycles. The topological polar surface area (TPSA) is 39.2 Å². The Hall–Kier alpha value is -1.74. The van der Waals surface area contributed by atoms with Crippen LogP contribution in [-0.2, 0) is 4.74 Å². The van der Waals surface area contributed by atoms with Gasteiger partial charge in [0.15, 0.2) is 5.78 Å². The number of hydrogen-bond acceptors (Lipinski definition) is 3. The molecule has 0 unspecified atom stereocenters. The number of ketones is 1. The minimum Gasteiger partial charge on any atom is -0.385 e. The fourth-order valence-corrected chi connectivity index (χ4v) is 1.88. The maximum Gasteiger partial charge on any atom is 0.163 e. The van der Waals surface area contributed by atoms with Crippen LogP contribution in [0.2, 0.25) is 0 Å². The number of methoxy groups -OCH3 is 1. The molecule has 88 valence electrons. The van der Waals surface area contributed by atoms with E-state index in [4.69, 9.17) is 4.74 Å². The number of carbonyl (C=O) groups is 1. The Morgan fingerprint density at radius 2 is 2.24 bits per heavy atom. The Labute approximate surface area is 100 Å². The summed E-state index contributed by atoms with van der Waals surface area (Å²) in [6, 6.07) is 7.62. The Kier molecular flexibility index (Phi) is 3.83. The van der Waals surface area contributed by atoms with Crippen molar-refractivity contribution < 1.29 is 9.53 Å². The van der Waals surface area contributed by atoms with Gasteiger partial charge >= 0.3 is 0 Å². The predicted octanol–water partition coefficient (Wildman–Crippen LogP) is 2.84. The predicted molar refractivity (Wildman–Crippen MR) is 67.2 cm³/mol. The number of fused-ring (bicyclic) bond motifs is 1. The zero-order chi connectivity index (χ0) is 12.1. The van der Waals surface area contributed by atoms with Gasteiger partial charge in [-0.2, -0.15) is 0 Å². The van der Waals surface area contributed by atoms with Gasteiger partial charge in [-0.1, -0.05) is 18.2 Å². The molecule has 0 spiro atoms. The Balaban J connectivity index is 2.26. The highest BCUT2D eigenvalue weighted by Gasteiger charge is 2.09. The lowest BCUT2D eigenvalue weighted by atomic mass is 10.0. The van der Waals surface area contributed by atoms with Crippen LogP contribution in [0.4, 0.5) is 0 Å². The Morgan fingerprint density at radius 3 is 3.06 bits per heavy atom. The summed E-state index contributed by atoms with van der Waals surface area (Å²) in [6.07, 6.45) is 4.78. The standard InChI is InChI=1S/C14H15NO2/c1-17-9-3-6-14(16)13-5-2-4-11-10-15-8-7-12(11)13/h2,4-5,7-8,10H,3,6,9H2,1H3. The summed E-state index contributed by atoms with van der Waals surface area (Å²) < 4.78 is 4.95. The molecule has 1 aromatic carbocycles. The van der Waals surface area contributed by atoms with Gasteiger partial charge in [-0.25, -0.2) is 0 Å². The summed E-state index contributed by atoms with van der Waals surface area (Å²) >= 11 is 0. The lowest BCUT2D eigenvalue weighted by molar-refractivity contribution is 0.0965. The van der Waals surface area contributed by atoms with Gasteiger partial charge in [0, 0.05) is 43.5 Å². The van der Waals surface area contributed by atoms with Crippen molar-refractivity contribution in [2.75, 3.05) is 13.7 Å². The molecule has 0 aliphatic rings. The lowest BCUT2D eigenvalue weighted by Gasteiger charge is -2.05. The number of hydrogen-bond donors (Lipinski definition) is 0. The molecule has 0 N–H and O–H groups in total. The van der Waals surface area contributed by atoms with E-state index in [9.17, 15) is 4.79 Å². The SMILES string of the molecule is COCCCC(=O)c1cccc2cnccc12. The van der Waals surface area contributed by atoms with E-state index in [1.54, 1.807) is 19.5 Å². The minimum atomic E-state index is 0.166. The van der Waals surface area contributed by atoms with E-state index in [2.05, 4.69) is 4.98 Å². The molecule has 3 nitrogen and oxygen atoms in total. The van der Waals surface area contributed by atoms with Crippen LogP contribution in [0.1, 0.15) is 23.2 Å². The van der Waals surface area contributed by atoms with Gasteiger partial charge in [0.1, 0.15) is 0 Å². The molecular weight excluding hydrogens is 214 g/mol. The van der Waals surface area contributed by atoms with Crippen LogP contribution in [0.15, 0.2) is 36.7 Å². The number of nitrogens with zero attached hydrogens (tertiary/aromatic N) is 1. The second-order valence-electron chi connectivity index (χ2n) is 3.92. The number of aromatic nitrogens is 1. The summed E-state index contributed by atoms with van der Waals surface area (Å²) in [7, 11) is 1.65. The molecule has 0 saturated carbocycles. The number of benzene rings is 1. The van der Waals surface area contributed by atoms with Crippen molar-refractivity contribution in [1.82, 2.24) is 4.98 Å². The molecule has 0 aliphatic carbocycles. The Bertz CT molecular complexity index is 517. The van der Waals surface area contributed by atoms with Gasteiger partial charge in [0.2, 0.25) is 0 Å². The second kappa shape index (κ2) is 5.55. The van der Waals surface area contributed by atoms with Crippen molar-refractivity contribution in [2.24, 2.45) is 0 Å². The number of rotatable bonds is 5. The highest BCUT2D eigenvalue weighted by Crippen LogP contribution is 2.19. The minimum absolute atomic E-state index is 0.166. The van der Waals surface area contributed by atoms with Crippen LogP contribution in [0.3, 0.4) is 0 Å². The zero-order valence-electron chi connectivity index (χ0n) is 9.85. The van der Waals surface area contributed by atoms with E-state index in [0.717, 1.165) is 22.8 Å². The molecule has 3 heteroatoms. The van der Waals surface area contributed by atoms with Gasteiger partial charge in [-0.3, -0.25) is 9.78 Å². The fraction of sp³-hybridized carbons (Fsp3) is 0.286. The number of ether oxygens (including phenoxy) is 1. The van der Waals surface area contributed by atoms with Crippen molar-refractivity contribution in [3.63, 3.8) is 0 Å². The van der Waals surface area contributed by atoms with Crippen LogP contribution in [0, 0.1) is 0 Å². The summed E-state index contributed by atoms with van der Waals surface area (Å²) in [5, 5.41) is 1.98. The number of Topliss-reactive ketones (excluding diaryl/α,β-unsaturated/α-hetero) is 1. The van der Waals surface area contributed by atoms with Crippen molar-refractivity contribution in [1.29, 1.82) is 0 Å². The first-order valence-electron chi connectivity index (χ1n) is 5.68. The van der Waals surface area contributed by atoms with Crippen LogP contribution in [-0.4, -0.2) is 24.5 Å². The Morgan fingerprint density at radius 1 is 1.35 bits per heavy atom. The van der Waals surface area contributed by atoms with E-state index < -0.39 is 0 Å². The smallest absolute Gasteiger partial charge is 0.163 e. The summed E-state index contributed by atoms with van der Waals surface area (Å²) in [5.41, 5.74) is 0.779. The van der Waals surface area contributed by atoms with Gasteiger partial charge < -0.3 is 4.74 Å². The normalized spacial score (nSPS) is 10.6. The third-order valence-corrected chi connectivity index (χ3v) is 2.73. The largest absolute Gasteiger partial charge is 0.385 e. The van der Waals surface area contributed by atoms with E-state index in [1.165, 1.54) is 0 Å². The maximum absolute atomic E-state index is 12.1. The van der Waals surface area contributed by atoms with Crippen molar-refractivity contribution in [3.05, 3.63) is 42.2 Å². The molecule has 2 aromatic rings. The van der Waals surface area contributed by atoms with Gasteiger partial charge in [0.25, 0.3) is 0 Å². The van der Waals surface area contributed by atoms with Crippen molar-refractivity contribution >= 4 is 16.6 Å². The van der Waals surface area contributed by atoms with Gasteiger partial charge in [-0.15, -0.1) is 0 Å². The third-order valence-electron chi connectivity index (χ3n) is 2.73. The van der Waals surface area contributed by atoms with E-state index >= 15 is 0 Å². The lowest BCUT2D eigenvalue weighted by Crippen LogP contribution is -2.02. The number of pyridine rings is 1. The van der Waals surface area contributed by atoms with E-state index in [0.29, 0.717) is 13.0 Å². The molecule has 1 aromatic heterocycles. The van der Waals surface area contributed by atoms with Crippen LogP contribution in [0.25, 0.3) is 10.8 Å². The average molecular weight is 229 g/mol. The first kappa shape index (κ1) is 11.7. The van der Waals surface area contributed by atoms with Crippen molar-refractivity contribution in [3.8, 4) is 0 Å². The van der Waals surface area contributed by atoms with Crippen LogP contribution in [0.5, 0.6) is 0 Å². The monoisotopic (exact) mass is 229 g/mol. The summed E-state index contributed by atoms with van der Waals surface area (Å²) in [4.78, 5) is 16.1.